The first kappa shape index (κ1) is 22.1. The molecule has 2 aromatic carbocycles. The van der Waals surface area contributed by atoms with Crippen LogP contribution in [0.15, 0.2) is 47.4 Å². The Morgan fingerprint density at radius 2 is 1.80 bits per heavy atom. The number of aryl methyl sites for hydroxylation is 2. The summed E-state index contributed by atoms with van der Waals surface area (Å²) in [7, 11) is -2.12. The third kappa shape index (κ3) is 5.09. The minimum absolute atomic E-state index is 0.152. The van der Waals surface area contributed by atoms with E-state index in [1.807, 2.05) is 26.0 Å². The first-order chi connectivity index (χ1) is 14.3. The molecule has 1 saturated heterocycles. The molecule has 1 fully saturated rings. The van der Waals surface area contributed by atoms with Gasteiger partial charge in [-0.25, -0.2) is 8.42 Å². The Morgan fingerprint density at radius 1 is 1.07 bits per heavy atom. The fraction of sp³-hybridized carbons (Fsp3) is 0.348. The van der Waals surface area contributed by atoms with Crippen LogP contribution in [0.2, 0.25) is 0 Å². The molecule has 1 aliphatic rings. The van der Waals surface area contributed by atoms with Crippen molar-refractivity contribution < 1.29 is 17.9 Å². The average Bonchev–Trinajstić information content (AvgIpc) is 2.73. The predicted octanol–water partition coefficient (Wildman–Crippen LogP) is 4.14. The molecule has 0 bridgehead atoms. The number of hydrogen-bond donors (Lipinski definition) is 1. The van der Waals surface area contributed by atoms with Crippen molar-refractivity contribution in [2.24, 2.45) is 0 Å². The number of hydrogen-bond acceptors (Lipinski definition) is 4. The lowest BCUT2D eigenvalue weighted by Gasteiger charge is -2.26. The van der Waals surface area contributed by atoms with Gasteiger partial charge in [0.15, 0.2) is 0 Å². The highest BCUT2D eigenvalue weighted by molar-refractivity contribution is 7.89. The summed E-state index contributed by atoms with van der Waals surface area (Å²) in [6, 6.07) is 10.6. The van der Waals surface area contributed by atoms with Gasteiger partial charge in [0.2, 0.25) is 15.9 Å². The van der Waals surface area contributed by atoms with Crippen LogP contribution < -0.4 is 10.1 Å². The molecule has 0 unspecified atom stereocenters. The minimum atomic E-state index is -3.60. The molecule has 1 N–H and O–H groups in total. The van der Waals surface area contributed by atoms with Crippen molar-refractivity contribution in [2.75, 3.05) is 25.5 Å². The number of sulfonamides is 1. The summed E-state index contributed by atoms with van der Waals surface area (Å²) in [5, 5.41) is 2.74. The maximum Gasteiger partial charge on any atom is 0.248 e. The van der Waals surface area contributed by atoms with Crippen LogP contribution >= 0.6 is 0 Å². The second kappa shape index (κ2) is 9.45. The van der Waals surface area contributed by atoms with Crippen molar-refractivity contribution in [3.8, 4) is 5.75 Å². The Morgan fingerprint density at radius 3 is 2.47 bits per heavy atom. The second-order valence-electron chi connectivity index (χ2n) is 7.51. The number of benzene rings is 2. The highest BCUT2D eigenvalue weighted by atomic mass is 32.2. The fourth-order valence-corrected chi connectivity index (χ4v) is 5.10. The van der Waals surface area contributed by atoms with Gasteiger partial charge in [-0.15, -0.1) is 0 Å². The van der Waals surface area contributed by atoms with E-state index in [2.05, 4.69) is 11.4 Å². The van der Waals surface area contributed by atoms with Gasteiger partial charge in [-0.2, -0.15) is 4.31 Å². The van der Waals surface area contributed by atoms with E-state index in [0.717, 1.165) is 36.0 Å². The molecule has 30 heavy (non-hydrogen) atoms. The quantitative estimate of drug-likeness (QED) is 0.702. The van der Waals surface area contributed by atoms with E-state index in [4.69, 9.17) is 4.74 Å². The monoisotopic (exact) mass is 428 g/mol. The zero-order chi connectivity index (χ0) is 21.7. The van der Waals surface area contributed by atoms with E-state index in [0.29, 0.717) is 24.5 Å². The van der Waals surface area contributed by atoms with Crippen molar-refractivity contribution in [1.29, 1.82) is 0 Å². The van der Waals surface area contributed by atoms with Crippen LogP contribution in [0.4, 0.5) is 5.69 Å². The van der Waals surface area contributed by atoms with Crippen LogP contribution in [0.5, 0.6) is 5.75 Å². The molecule has 2 aromatic rings. The summed E-state index contributed by atoms with van der Waals surface area (Å²) >= 11 is 0. The van der Waals surface area contributed by atoms with E-state index >= 15 is 0 Å². The largest absolute Gasteiger partial charge is 0.495 e. The Bertz CT molecular complexity index is 1050. The highest BCUT2D eigenvalue weighted by Crippen LogP contribution is 2.30. The number of piperidine rings is 1. The Hall–Kier alpha value is -2.64. The average molecular weight is 429 g/mol. The van der Waals surface area contributed by atoms with E-state index in [1.54, 1.807) is 12.1 Å². The first-order valence-corrected chi connectivity index (χ1v) is 11.5. The van der Waals surface area contributed by atoms with E-state index in [-0.39, 0.29) is 10.8 Å². The van der Waals surface area contributed by atoms with Crippen molar-refractivity contribution in [3.05, 3.63) is 59.2 Å². The van der Waals surface area contributed by atoms with Crippen molar-refractivity contribution in [2.45, 2.75) is 38.0 Å². The number of methoxy groups -OCH3 is 1. The van der Waals surface area contributed by atoms with E-state index in [9.17, 15) is 13.2 Å². The Balaban J connectivity index is 1.81. The number of carbonyl (C=O) groups excluding carboxylic acids is 1. The van der Waals surface area contributed by atoms with Gasteiger partial charge in [-0.3, -0.25) is 4.79 Å². The van der Waals surface area contributed by atoms with Crippen molar-refractivity contribution >= 4 is 27.7 Å². The fourth-order valence-electron chi connectivity index (χ4n) is 3.55. The summed E-state index contributed by atoms with van der Waals surface area (Å²) in [4.78, 5) is 12.6. The van der Waals surface area contributed by atoms with Crippen LogP contribution in [0.3, 0.4) is 0 Å². The van der Waals surface area contributed by atoms with Gasteiger partial charge in [-0.05, 0) is 62.1 Å². The van der Waals surface area contributed by atoms with Gasteiger partial charge in [0, 0.05) is 19.2 Å². The van der Waals surface area contributed by atoms with Gasteiger partial charge in [-0.1, -0.05) is 30.2 Å². The van der Waals surface area contributed by atoms with E-state index < -0.39 is 10.0 Å². The molecule has 1 amide bonds. The van der Waals surface area contributed by atoms with Crippen molar-refractivity contribution in [3.63, 3.8) is 0 Å². The lowest BCUT2D eigenvalue weighted by atomic mass is 10.1. The highest BCUT2D eigenvalue weighted by Gasteiger charge is 2.26. The standard InChI is InChI=1S/C23H28N2O4S/c1-17-7-8-19(18(2)15-17)9-12-23(26)24-21-16-20(10-11-22(21)29-3)30(27,28)25-13-5-4-6-14-25/h7-12,15-16H,4-6,13-14H2,1-3H3,(H,24,26)/b12-9+. The Labute approximate surface area is 178 Å². The van der Waals surface area contributed by atoms with Crippen LogP contribution in [-0.4, -0.2) is 38.8 Å². The number of ether oxygens (including phenoxy) is 1. The normalized spacial score (nSPS) is 15.3. The van der Waals surface area contributed by atoms with Crippen LogP contribution in [0, 0.1) is 13.8 Å². The van der Waals surface area contributed by atoms with Crippen molar-refractivity contribution in [1.82, 2.24) is 4.31 Å². The molecule has 7 heteroatoms. The summed E-state index contributed by atoms with van der Waals surface area (Å²) in [6.07, 6.45) is 5.95. The molecular formula is C23H28N2O4S. The summed E-state index contributed by atoms with van der Waals surface area (Å²) in [5.74, 6) is 0.0432. The smallest absolute Gasteiger partial charge is 0.248 e. The number of rotatable bonds is 6. The molecule has 0 spiro atoms. The third-order valence-corrected chi connectivity index (χ3v) is 7.12. The molecular weight excluding hydrogens is 400 g/mol. The zero-order valence-electron chi connectivity index (χ0n) is 17.6. The van der Waals surface area contributed by atoms with E-state index in [1.165, 1.54) is 29.6 Å². The van der Waals surface area contributed by atoms with Gasteiger partial charge >= 0.3 is 0 Å². The summed E-state index contributed by atoms with van der Waals surface area (Å²) in [5.41, 5.74) is 3.51. The van der Waals surface area contributed by atoms with Gasteiger partial charge in [0.25, 0.3) is 0 Å². The van der Waals surface area contributed by atoms with Crippen LogP contribution in [0.25, 0.3) is 6.08 Å². The first-order valence-electron chi connectivity index (χ1n) is 10.1. The van der Waals surface area contributed by atoms with Crippen LogP contribution in [0.1, 0.15) is 36.0 Å². The molecule has 3 rings (SSSR count). The number of nitrogens with zero attached hydrogens (tertiary/aromatic N) is 1. The molecule has 0 atom stereocenters. The molecule has 1 aliphatic heterocycles. The van der Waals surface area contributed by atoms with Gasteiger partial charge in [0.1, 0.15) is 5.75 Å². The summed E-state index contributed by atoms with van der Waals surface area (Å²) < 4.78 is 32.7. The number of carbonyl (C=O) groups is 1. The number of amides is 1. The van der Waals surface area contributed by atoms with Gasteiger partial charge in [0.05, 0.1) is 17.7 Å². The van der Waals surface area contributed by atoms with Crippen LogP contribution in [-0.2, 0) is 14.8 Å². The molecule has 0 aliphatic carbocycles. The van der Waals surface area contributed by atoms with Gasteiger partial charge < -0.3 is 10.1 Å². The molecule has 0 saturated carbocycles. The third-order valence-electron chi connectivity index (χ3n) is 5.22. The molecule has 1 heterocycles. The maximum atomic E-state index is 13.0. The lowest BCUT2D eigenvalue weighted by molar-refractivity contribution is -0.111. The number of anilines is 1. The topological polar surface area (TPSA) is 75.7 Å². The molecule has 0 radical (unpaired) electrons. The second-order valence-corrected chi connectivity index (χ2v) is 9.45. The SMILES string of the molecule is COc1ccc(S(=O)(=O)N2CCCCC2)cc1NC(=O)/C=C/c1ccc(C)cc1C. The molecule has 0 aromatic heterocycles. The molecule has 6 nitrogen and oxygen atoms in total. The maximum absolute atomic E-state index is 13.0. The zero-order valence-corrected chi connectivity index (χ0v) is 18.5. The minimum Gasteiger partial charge on any atom is -0.495 e. The Kier molecular flexibility index (Phi) is 6.95. The lowest BCUT2D eigenvalue weighted by Crippen LogP contribution is -2.35. The predicted molar refractivity (Wildman–Crippen MR) is 119 cm³/mol. The molecule has 160 valence electrons. The summed E-state index contributed by atoms with van der Waals surface area (Å²) in [6.45, 7) is 5.05. The number of nitrogens with one attached hydrogen (secondary N) is 1.